The van der Waals surface area contributed by atoms with Crippen molar-refractivity contribution < 1.29 is 23.9 Å². The highest BCUT2D eigenvalue weighted by Crippen LogP contribution is 2.26. The minimum absolute atomic E-state index is 0.0618. The molecule has 0 bridgehead atoms. The molecular weight excluding hydrogens is 398 g/mol. The Balaban J connectivity index is 1.40. The second-order valence-electron chi connectivity index (χ2n) is 7.28. The van der Waals surface area contributed by atoms with Gasteiger partial charge in [0.15, 0.2) is 0 Å². The van der Waals surface area contributed by atoms with Crippen LogP contribution in [0.3, 0.4) is 0 Å². The zero-order chi connectivity index (χ0) is 22.1. The first-order valence-corrected chi connectivity index (χ1v) is 10.2. The van der Waals surface area contributed by atoms with Crippen LogP contribution >= 0.6 is 0 Å². The number of methoxy groups -OCH3 is 1. The van der Waals surface area contributed by atoms with Crippen molar-refractivity contribution in [1.82, 2.24) is 10.2 Å². The third-order valence-electron chi connectivity index (χ3n) is 4.78. The third kappa shape index (κ3) is 7.42. The van der Waals surface area contributed by atoms with Crippen molar-refractivity contribution >= 4 is 23.4 Å². The number of carbonyl (C=O) groups is 3. The predicted octanol–water partition coefficient (Wildman–Crippen LogP) is 1.96. The fourth-order valence-electron chi connectivity index (χ4n) is 2.99. The number of nitrogens with one attached hydrogen (secondary N) is 2. The summed E-state index contributed by atoms with van der Waals surface area (Å²) in [6, 6.07) is 16.5. The highest BCUT2D eigenvalue weighted by Gasteiger charge is 2.33. The van der Waals surface area contributed by atoms with Crippen LogP contribution in [0, 0.1) is 0 Å². The molecule has 0 heterocycles. The number of hydrogen-bond donors (Lipinski definition) is 2. The molecule has 2 aromatic rings. The molecule has 8 nitrogen and oxygen atoms in total. The summed E-state index contributed by atoms with van der Waals surface area (Å²) in [7, 11) is 1.56. The number of anilines is 1. The normalized spacial score (nSPS) is 12.7. The first-order valence-electron chi connectivity index (χ1n) is 10.2. The number of benzene rings is 2. The average molecular weight is 425 g/mol. The second kappa shape index (κ2) is 11.1. The summed E-state index contributed by atoms with van der Waals surface area (Å²) in [6.07, 6.45) is 1.74. The van der Waals surface area contributed by atoms with Gasteiger partial charge in [0.05, 0.1) is 26.8 Å². The van der Waals surface area contributed by atoms with Crippen LogP contribution in [-0.4, -0.2) is 55.5 Å². The van der Waals surface area contributed by atoms with Gasteiger partial charge in [-0.2, -0.15) is 0 Å². The Bertz CT molecular complexity index is 882. The van der Waals surface area contributed by atoms with E-state index in [1.807, 2.05) is 30.3 Å². The predicted molar refractivity (Wildman–Crippen MR) is 115 cm³/mol. The fraction of sp³-hybridized carbons (Fsp3) is 0.348. The van der Waals surface area contributed by atoms with Crippen LogP contribution in [0.15, 0.2) is 54.6 Å². The molecule has 164 valence electrons. The zero-order valence-corrected chi connectivity index (χ0v) is 17.5. The Morgan fingerprint density at radius 1 is 1.00 bits per heavy atom. The lowest BCUT2D eigenvalue weighted by Gasteiger charge is -2.21. The molecule has 31 heavy (non-hydrogen) atoms. The maximum absolute atomic E-state index is 12.5. The number of ether oxygens (including phenoxy) is 2. The Labute approximate surface area is 181 Å². The summed E-state index contributed by atoms with van der Waals surface area (Å²) in [5.74, 6) is -0.276. The summed E-state index contributed by atoms with van der Waals surface area (Å²) in [4.78, 5) is 38.4. The standard InChI is InChI=1S/C23H27N3O5/c1-30-20-11-7-18(8-12-20)25-21(27)13-24-22(28)14-26(19-9-10-19)23(29)16-31-15-17-5-3-2-4-6-17/h2-8,11-12,19H,9-10,13-16H2,1H3,(H,24,28)(H,25,27). The van der Waals surface area contributed by atoms with Gasteiger partial charge in [-0.25, -0.2) is 0 Å². The van der Waals surface area contributed by atoms with Crippen molar-refractivity contribution in [3.8, 4) is 5.75 Å². The van der Waals surface area contributed by atoms with E-state index in [0.717, 1.165) is 18.4 Å². The van der Waals surface area contributed by atoms with Crippen molar-refractivity contribution in [2.45, 2.75) is 25.5 Å². The first-order chi connectivity index (χ1) is 15.0. The van der Waals surface area contributed by atoms with Crippen LogP contribution in [0.4, 0.5) is 5.69 Å². The van der Waals surface area contributed by atoms with Crippen molar-refractivity contribution in [3.05, 3.63) is 60.2 Å². The minimum Gasteiger partial charge on any atom is -0.497 e. The van der Waals surface area contributed by atoms with Gasteiger partial charge in [0.25, 0.3) is 0 Å². The molecule has 3 amide bonds. The molecule has 0 aromatic heterocycles. The smallest absolute Gasteiger partial charge is 0.249 e. The Morgan fingerprint density at radius 3 is 2.35 bits per heavy atom. The molecule has 0 unspecified atom stereocenters. The molecule has 1 aliphatic carbocycles. The Kier molecular flexibility index (Phi) is 8.00. The number of hydrogen-bond acceptors (Lipinski definition) is 5. The summed E-state index contributed by atoms with van der Waals surface area (Å²) in [6.45, 7) is -0.0183. The first kappa shape index (κ1) is 22.3. The average Bonchev–Trinajstić information content (AvgIpc) is 3.62. The summed E-state index contributed by atoms with van der Waals surface area (Å²) < 4.78 is 10.6. The molecule has 3 rings (SSSR count). The quantitative estimate of drug-likeness (QED) is 0.574. The van der Waals surface area contributed by atoms with Crippen LogP contribution in [0.5, 0.6) is 5.75 Å². The van der Waals surface area contributed by atoms with Gasteiger partial charge < -0.3 is 25.0 Å². The lowest BCUT2D eigenvalue weighted by atomic mass is 10.2. The molecule has 0 radical (unpaired) electrons. The van der Waals surface area contributed by atoms with Crippen LogP contribution in [0.25, 0.3) is 0 Å². The maximum atomic E-state index is 12.5. The van der Waals surface area contributed by atoms with Crippen LogP contribution in [0.2, 0.25) is 0 Å². The minimum atomic E-state index is -0.381. The molecule has 8 heteroatoms. The van der Waals surface area contributed by atoms with E-state index in [1.165, 1.54) is 4.90 Å². The van der Waals surface area contributed by atoms with Crippen LogP contribution in [0.1, 0.15) is 18.4 Å². The van der Waals surface area contributed by atoms with E-state index in [0.29, 0.717) is 18.0 Å². The van der Waals surface area contributed by atoms with Gasteiger partial charge in [0.2, 0.25) is 17.7 Å². The van der Waals surface area contributed by atoms with Crippen LogP contribution < -0.4 is 15.4 Å². The van der Waals surface area contributed by atoms with E-state index in [-0.39, 0.29) is 43.5 Å². The number of rotatable bonds is 11. The van der Waals surface area contributed by atoms with Crippen molar-refractivity contribution in [2.75, 3.05) is 32.1 Å². The number of amides is 3. The lowest BCUT2D eigenvalue weighted by molar-refractivity contribution is -0.140. The molecule has 1 saturated carbocycles. The van der Waals surface area contributed by atoms with Gasteiger partial charge in [-0.05, 0) is 42.7 Å². The van der Waals surface area contributed by atoms with E-state index < -0.39 is 0 Å². The fourth-order valence-corrected chi connectivity index (χ4v) is 2.99. The van der Waals surface area contributed by atoms with Crippen molar-refractivity contribution in [3.63, 3.8) is 0 Å². The highest BCUT2D eigenvalue weighted by molar-refractivity contribution is 5.95. The molecule has 0 atom stereocenters. The molecule has 0 aliphatic heterocycles. The van der Waals surface area contributed by atoms with Gasteiger partial charge in [0.1, 0.15) is 12.4 Å². The van der Waals surface area contributed by atoms with E-state index in [1.54, 1.807) is 31.4 Å². The Hall–Kier alpha value is -3.39. The SMILES string of the molecule is COc1ccc(NC(=O)CNC(=O)CN(C(=O)COCc2ccccc2)C2CC2)cc1. The monoisotopic (exact) mass is 425 g/mol. The number of nitrogens with zero attached hydrogens (tertiary/aromatic N) is 1. The van der Waals surface area contributed by atoms with Gasteiger partial charge in [0, 0.05) is 11.7 Å². The molecule has 1 aliphatic rings. The van der Waals surface area contributed by atoms with Crippen LogP contribution in [-0.2, 0) is 25.7 Å². The molecule has 1 fully saturated rings. The second-order valence-corrected chi connectivity index (χ2v) is 7.28. The molecule has 2 N–H and O–H groups in total. The van der Waals surface area contributed by atoms with E-state index in [2.05, 4.69) is 10.6 Å². The zero-order valence-electron chi connectivity index (χ0n) is 17.5. The Morgan fingerprint density at radius 2 is 1.71 bits per heavy atom. The largest absolute Gasteiger partial charge is 0.497 e. The molecule has 0 spiro atoms. The summed E-state index contributed by atoms with van der Waals surface area (Å²) in [5, 5.41) is 5.26. The molecule has 0 saturated heterocycles. The van der Waals surface area contributed by atoms with Gasteiger partial charge in [-0.15, -0.1) is 0 Å². The lowest BCUT2D eigenvalue weighted by Crippen LogP contribution is -2.45. The summed E-state index contributed by atoms with van der Waals surface area (Å²) >= 11 is 0. The topological polar surface area (TPSA) is 97.0 Å². The van der Waals surface area contributed by atoms with E-state index in [9.17, 15) is 14.4 Å². The highest BCUT2D eigenvalue weighted by atomic mass is 16.5. The van der Waals surface area contributed by atoms with Gasteiger partial charge in [-0.1, -0.05) is 30.3 Å². The van der Waals surface area contributed by atoms with Crippen molar-refractivity contribution in [1.29, 1.82) is 0 Å². The summed E-state index contributed by atoms with van der Waals surface area (Å²) in [5.41, 5.74) is 1.58. The van der Waals surface area contributed by atoms with Crippen molar-refractivity contribution in [2.24, 2.45) is 0 Å². The maximum Gasteiger partial charge on any atom is 0.249 e. The number of carbonyl (C=O) groups excluding carboxylic acids is 3. The third-order valence-corrected chi connectivity index (χ3v) is 4.78. The van der Waals surface area contributed by atoms with Gasteiger partial charge in [-0.3, -0.25) is 14.4 Å². The molecule has 2 aromatic carbocycles. The van der Waals surface area contributed by atoms with E-state index >= 15 is 0 Å². The molecular formula is C23H27N3O5. The van der Waals surface area contributed by atoms with Gasteiger partial charge >= 0.3 is 0 Å². The van der Waals surface area contributed by atoms with E-state index in [4.69, 9.17) is 9.47 Å².